The Morgan fingerprint density at radius 3 is 2.00 bits per heavy atom. The third kappa shape index (κ3) is 1.79. The molecule has 1 aliphatic rings. The van der Waals surface area contributed by atoms with Gasteiger partial charge in [-0.15, -0.1) is 0 Å². The van der Waals surface area contributed by atoms with Crippen molar-refractivity contribution >= 4 is 5.97 Å². The molecule has 1 heterocycles. The Bertz CT molecular complexity index is 205. The van der Waals surface area contributed by atoms with E-state index in [-0.39, 0.29) is 0 Å². The molecule has 1 rings (SSSR count). The number of carboxylic acids is 1. The average Bonchev–Trinajstić information content (AvgIpc) is 2.07. The number of ether oxygens (including phenoxy) is 1. The van der Waals surface area contributed by atoms with Crippen LogP contribution in [-0.2, 0) is 9.53 Å². The molecule has 0 amide bonds. The van der Waals surface area contributed by atoms with E-state index in [1.54, 1.807) is 0 Å². The van der Waals surface area contributed by atoms with E-state index in [2.05, 4.69) is 4.74 Å². The predicted octanol–water partition coefficient (Wildman–Crippen LogP) is -3.13. The molecule has 0 spiro atoms. The molecule has 0 saturated carbocycles. The minimum atomic E-state index is -1.81. The topological polar surface area (TPSA) is 127 Å². The zero-order valence-corrected chi connectivity index (χ0v) is 6.44. The Kier molecular flexibility index (Phi) is 2.84. The van der Waals surface area contributed by atoms with E-state index in [1.807, 2.05) is 0 Å². The lowest BCUT2D eigenvalue weighted by atomic mass is 9.99. The summed E-state index contributed by atoms with van der Waals surface area (Å²) in [4.78, 5) is 10.4. The largest absolute Gasteiger partial charge is 0.479 e. The molecule has 5 N–H and O–H groups in total. The summed E-state index contributed by atoms with van der Waals surface area (Å²) in [6.45, 7) is 0. The molecule has 1 fully saturated rings. The van der Waals surface area contributed by atoms with E-state index in [9.17, 15) is 4.79 Å². The molecule has 1 saturated heterocycles. The first kappa shape index (κ1) is 10.4. The number of carboxylic acid groups (broad SMARTS) is 1. The van der Waals surface area contributed by atoms with Gasteiger partial charge in [-0.2, -0.15) is 0 Å². The van der Waals surface area contributed by atoms with Gasteiger partial charge in [-0.3, -0.25) is 0 Å². The number of rotatable bonds is 1. The monoisotopic (exact) mass is 194 g/mol. The molecule has 0 radical (unpaired) electrons. The second-order valence-electron chi connectivity index (χ2n) is 2.76. The van der Waals surface area contributed by atoms with Gasteiger partial charge in [0.05, 0.1) is 0 Å². The lowest BCUT2D eigenvalue weighted by Crippen LogP contribution is -2.59. The molecule has 0 bridgehead atoms. The standard InChI is InChI=1S/C6H10O7/c7-1-2(8)4(5(10)11)13-6(12)3(1)9/h1-4,6-9,12H,(H,10,11)/t1-,2-,3+,4-,6?/m1/s1. The van der Waals surface area contributed by atoms with Crippen LogP contribution in [0.3, 0.4) is 0 Å². The van der Waals surface area contributed by atoms with Crippen molar-refractivity contribution in [2.45, 2.75) is 30.7 Å². The fraction of sp³-hybridized carbons (Fsp3) is 0.833. The van der Waals surface area contributed by atoms with E-state index in [4.69, 9.17) is 25.5 Å². The van der Waals surface area contributed by atoms with Gasteiger partial charge in [-0.05, 0) is 0 Å². The van der Waals surface area contributed by atoms with Gasteiger partial charge in [-0.25, -0.2) is 4.79 Å². The van der Waals surface area contributed by atoms with Crippen LogP contribution < -0.4 is 0 Å². The first-order chi connectivity index (χ1) is 5.95. The molecule has 76 valence electrons. The lowest BCUT2D eigenvalue weighted by Gasteiger charge is -2.36. The summed E-state index contributed by atoms with van der Waals surface area (Å²) < 4.78 is 4.34. The zero-order valence-electron chi connectivity index (χ0n) is 6.44. The van der Waals surface area contributed by atoms with Gasteiger partial charge >= 0.3 is 5.97 Å². The SMILES string of the molecule is O=C(O)[C@@H]1OC(O)[C@@H](O)[C@H](O)[C@H]1O. The molecule has 5 atom stereocenters. The van der Waals surface area contributed by atoms with E-state index in [0.29, 0.717) is 0 Å². The number of carbonyl (C=O) groups is 1. The smallest absolute Gasteiger partial charge is 0.335 e. The van der Waals surface area contributed by atoms with Gasteiger partial charge in [0, 0.05) is 0 Å². The highest BCUT2D eigenvalue weighted by atomic mass is 16.6. The van der Waals surface area contributed by atoms with Gasteiger partial charge in [0.25, 0.3) is 0 Å². The highest BCUT2D eigenvalue weighted by molar-refractivity contribution is 5.73. The maximum absolute atomic E-state index is 10.4. The third-order valence-electron chi connectivity index (χ3n) is 1.83. The van der Waals surface area contributed by atoms with Crippen molar-refractivity contribution in [1.82, 2.24) is 0 Å². The summed E-state index contributed by atoms with van der Waals surface area (Å²) in [5, 5.41) is 44.4. The normalized spacial score (nSPS) is 46.0. The first-order valence-electron chi connectivity index (χ1n) is 3.55. The molecule has 0 aromatic carbocycles. The fourth-order valence-corrected chi connectivity index (χ4v) is 1.07. The van der Waals surface area contributed by atoms with Gasteiger partial charge < -0.3 is 30.3 Å². The van der Waals surface area contributed by atoms with Crippen LogP contribution >= 0.6 is 0 Å². The Balaban J connectivity index is 2.76. The van der Waals surface area contributed by atoms with E-state index in [0.717, 1.165) is 0 Å². The highest BCUT2D eigenvalue weighted by Gasteiger charge is 2.46. The lowest BCUT2D eigenvalue weighted by molar-refractivity contribution is -0.279. The molecule has 7 heteroatoms. The zero-order chi connectivity index (χ0) is 10.2. The molecule has 0 aromatic rings. The second-order valence-corrected chi connectivity index (χ2v) is 2.76. The van der Waals surface area contributed by atoms with Crippen LogP contribution in [0.4, 0.5) is 0 Å². The molecule has 0 aromatic heterocycles. The minimum Gasteiger partial charge on any atom is -0.479 e. The van der Waals surface area contributed by atoms with Crippen LogP contribution in [0, 0.1) is 0 Å². The molecule has 1 aliphatic heterocycles. The van der Waals surface area contributed by atoms with Gasteiger partial charge in [-0.1, -0.05) is 0 Å². The number of hydrogen-bond donors (Lipinski definition) is 5. The summed E-state index contributed by atoms with van der Waals surface area (Å²) >= 11 is 0. The number of aliphatic hydroxyl groups excluding tert-OH is 4. The third-order valence-corrected chi connectivity index (χ3v) is 1.83. The first-order valence-corrected chi connectivity index (χ1v) is 3.55. The van der Waals surface area contributed by atoms with E-state index >= 15 is 0 Å². The second kappa shape index (κ2) is 3.56. The van der Waals surface area contributed by atoms with Crippen molar-refractivity contribution in [3.8, 4) is 0 Å². The highest BCUT2D eigenvalue weighted by Crippen LogP contribution is 2.19. The van der Waals surface area contributed by atoms with Gasteiger partial charge in [0.1, 0.15) is 18.3 Å². The van der Waals surface area contributed by atoms with Gasteiger partial charge in [0.2, 0.25) is 0 Å². The summed E-state index contributed by atoms with van der Waals surface area (Å²) in [7, 11) is 0. The number of aliphatic hydroxyl groups is 4. The maximum atomic E-state index is 10.4. The molecular weight excluding hydrogens is 184 g/mol. The van der Waals surface area contributed by atoms with Crippen LogP contribution in [0.15, 0.2) is 0 Å². The van der Waals surface area contributed by atoms with Crippen molar-refractivity contribution in [3.63, 3.8) is 0 Å². The summed E-state index contributed by atoms with van der Waals surface area (Å²) in [6.07, 6.45) is -8.72. The Labute approximate surface area is 72.8 Å². The summed E-state index contributed by atoms with van der Waals surface area (Å²) in [5.41, 5.74) is 0. The summed E-state index contributed by atoms with van der Waals surface area (Å²) in [6, 6.07) is 0. The van der Waals surface area contributed by atoms with Crippen LogP contribution in [0.1, 0.15) is 0 Å². The van der Waals surface area contributed by atoms with Crippen molar-refractivity contribution in [2.24, 2.45) is 0 Å². The summed E-state index contributed by atoms with van der Waals surface area (Å²) in [5.74, 6) is -1.52. The van der Waals surface area contributed by atoms with Gasteiger partial charge in [0.15, 0.2) is 12.4 Å². The van der Waals surface area contributed by atoms with Crippen LogP contribution in [-0.4, -0.2) is 62.2 Å². The molecule has 13 heavy (non-hydrogen) atoms. The maximum Gasteiger partial charge on any atom is 0.335 e. The predicted molar refractivity (Wildman–Crippen MR) is 36.5 cm³/mol. The van der Waals surface area contributed by atoms with Crippen molar-refractivity contribution < 1.29 is 35.1 Å². The van der Waals surface area contributed by atoms with Crippen LogP contribution in [0.2, 0.25) is 0 Å². The fourth-order valence-electron chi connectivity index (χ4n) is 1.07. The average molecular weight is 194 g/mol. The minimum absolute atomic E-state index is 1.52. The van der Waals surface area contributed by atoms with E-state index in [1.165, 1.54) is 0 Å². The Morgan fingerprint density at radius 1 is 1.00 bits per heavy atom. The Hall–Kier alpha value is -0.730. The molecule has 7 nitrogen and oxygen atoms in total. The number of hydrogen-bond acceptors (Lipinski definition) is 6. The van der Waals surface area contributed by atoms with Crippen LogP contribution in [0.25, 0.3) is 0 Å². The van der Waals surface area contributed by atoms with Crippen molar-refractivity contribution in [2.75, 3.05) is 0 Å². The molecular formula is C6H10O7. The molecule has 0 aliphatic carbocycles. The molecule has 1 unspecified atom stereocenters. The van der Waals surface area contributed by atoms with E-state index < -0.39 is 36.7 Å². The number of aliphatic carboxylic acids is 1. The quantitative estimate of drug-likeness (QED) is 0.298. The Morgan fingerprint density at radius 2 is 1.54 bits per heavy atom. The van der Waals surface area contributed by atoms with Crippen molar-refractivity contribution in [1.29, 1.82) is 0 Å². The van der Waals surface area contributed by atoms with Crippen molar-refractivity contribution in [3.05, 3.63) is 0 Å². The van der Waals surface area contributed by atoms with Crippen LogP contribution in [0.5, 0.6) is 0 Å².